The Kier molecular flexibility index (Phi) is 6.01. The summed E-state index contributed by atoms with van der Waals surface area (Å²) in [6, 6.07) is 8.82. The first-order valence-corrected chi connectivity index (χ1v) is 11.9. The van der Waals surface area contributed by atoms with Crippen molar-refractivity contribution in [2.75, 3.05) is 23.3 Å². The summed E-state index contributed by atoms with van der Waals surface area (Å²) in [6.07, 6.45) is 1.91. The number of benzene rings is 2. The van der Waals surface area contributed by atoms with E-state index >= 15 is 0 Å². The number of para-hydroxylation sites is 1. The van der Waals surface area contributed by atoms with E-state index in [9.17, 15) is 22.8 Å². The zero-order valence-corrected chi connectivity index (χ0v) is 20.6. The van der Waals surface area contributed by atoms with Gasteiger partial charge in [-0.25, -0.2) is 18.2 Å². The molecule has 0 unspecified atom stereocenters. The Balaban J connectivity index is 1.58. The van der Waals surface area contributed by atoms with Crippen LogP contribution in [0.25, 0.3) is 16.7 Å². The van der Waals surface area contributed by atoms with Gasteiger partial charge in [0, 0.05) is 26.2 Å². The average Bonchev–Trinajstić information content (AvgIpc) is 3.48. The molecule has 0 bridgehead atoms. The van der Waals surface area contributed by atoms with Crippen LogP contribution in [0.4, 0.5) is 24.5 Å². The third-order valence-corrected chi connectivity index (χ3v) is 6.41. The normalized spacial score (nSPS) is 13.9. The van der Waals surface area contributed by atoms with Crippen LogP contribution in [0.3, 0.4) is 0 Å². The number of halogens is 3. The molecule has 11 heteroatoms. The van der Waals surface area contributed by atoms with Crippen LogP contribution in [0.15, 0.2) is 47.3 Å². The van der Waals surface area contributed by atoms with Crippen molar-refractivity contribution in [2.45, 2.75) is 32.4 Å². The summed E-state index contributed by atoms with van der Waals surface area (Å²) in [5.41, 5.74) is -1.03. The monoisotopic (exact) mass is 510 g/mol. The topological polar surface area (TPSA) is 85.0 Å². The summed E-state index contributed by atoms with van der Waals surface area (Å²) >= 11 is 0. The van der Waals surface area contributed by atoms with E-state index in [0.29, 0.717) is 27.1 Å². The van der Waals surface area contributed by atoms with Crippen LogP contribution in [-0.4, -0.2) is 38.3 Å². The van der Waals surface area contributed by atoms with Gasteiger partial charge in [0.05, 0.1) is 16.9 Å². The number of nitrogens with zero attached hydrogens (tertiary/aromatic N) is 5. The van der Waals surface area contributed by atoms with Crippen LogP contribution in [0.5, 0.6) is 0 Å². The van der Waals surface area contributed by atoms with Crippen LogP contribution < -0.4 is 15.8 Å². The molecule has 2 aromatic carbocycles. The van der Waals surface area contributed by atoms with Gasteiger partial charge in [-0.2, -0.15) is 9.78 Å². The van der Waals surface area contributed by atoms with Gasteiger partial charge in [0.25, 0.3) is 11.5 Å². The van der Waals surface area contributed by atoms with Crippen LogP contribution in [-0.2, 0) is 12.7 Å². The molecule has 0 spiro atoms. The number of hydrogen-bond donors (Lipinski definition) is 1. The highest BCUT2D eigenvalue weighted by Crippen LogP contribution is 2.38. The maximum Gasteiger partial charge on any atom is 0.276 e. The number of amides is 1. The minimum absolute atomic E-state index is 0.221. The summed E-state index contributed by atoms with van der Waals surface area (Å²) in [6.45, 7) is 4.35. The molecule has 1 fully saturated rings. The van der Waals surface area contributed by atoms with Crippen molar-refractivity contribution in [3.63, 3.8) is 0 Å². The van der Waals surface area contributed by atoms with Gasteiger partial charge in [-0.15, -0.1) is 0 Å². The number of hydrogen-bond acceptors (Lipinski definition) is 5. The number of fused-ring (bicyclic) bond motifs is 1. The van der Waals surface area contributed by atoms with E-state index in [2.05, 4.69) is 20.3 Å². The Morgan fingerprint density at radius 3 is 2.32 bits per heavy atom. The lowest BCUT2D eigenvalue weighted by Crippen LogP contribution is -2.27. The average molecular weight is 511 g/mol. The minimum Gasteiger partial charge on any atom is -0.368 e. The molecular formula is C26H25F3N6O2. The predicted molar refractivity (Wildman–Crippen MR) is 134 cm³/mol. The Bertz CT molecular complexity index is 1560. The number of aromatic nitrogens is 4. The van der Waals surface area contributed by atoms with Crippen LogP contribution in [0.1, 0.15) is 43.0 Å². The van der Waals surface area contributed by atoms with E-state index < -0.39 is 34.5 Å². The minimum atomic E-state index is -1.68. The summed E-state index contributed by atoms with van der Waals surface area (Å²) in [5, 5.41) is 6.73. The molecule has 1 saturated heterocycles. The molecule has 8 nitrogen and oxygen atoms in total. The first-order chi connectivity index (χ1) is 17.6. The highest BCUT2D eigenvalue weighted by molar-refractivity contribution is 6.08. The lowest BCUT2D eigenvalue weighted by atomic mass is 10.1. The molecule has 2 aromatic heterocycles. The van der Waals surface area contributed by atoms with Crippen molar-refractivity contribution in [3.05, 3.63) is 76.0 Å². The standard InChI is InChI=1S/C26H25F3N6O2/c1-26(2,29)25-31-21-19(33(25)3)11-9-17(23(21)34-13-4-5-14-34)30-24(37)18-10-12-20(36)35(32-18)22-15(27)7-6-8-16(22)28/h6-12H,4-5,13-14H2,1-3H3,(H,30,37). The van der Waals surface area contributed by atoms with Crippen LogP contribution in [0, 0.1) is 11.6 Å². The van der Waals surface area contributed by atoms with Gasteiger partial charge in [-0.1, -0.05) is 6.07 Å². The SMILES string of the molecule is Cn1c(C(C)(C)F)nc2c(N3CCCC3)c(NC(=O)c3ccc(=O)n(-c4c(F)cccc4F)n3)ccc21. The fourth-order valence-corrected chi connectivity index (χ4v) is 4.71. The molecule has 37 heavy (non-hydrogen) atoms. The van der Waals surface area contributed by atoms with Crippen molar-refractivity contribution in [2.24, 2.45) is 7.05 Å². The number of aryl methyl sites for hydroxylation is 1. The van der Waals surface area contributed by atoms with Crippen molar-refractivity contribution in [1.82, 2.24) is 19.3 Å². The van der Waals surface area contributed by atoms with Gasteiger partial charge in [0.15, 0.2) is 17.3 Å². The van der Waals surface area contributed by atoms with Gasteiger partial charge < -0.3 is 14.8 Å². The van der Waals surface area contributed by atoms with Gasteiger partial charge in [-0.05, 0) is 57.0 Å². The second-order valence-electron chi connectivity index (χ2n) is 9.48. The maximum absolute atomic E-state index is 14.9. The van der Waals surface area contributed by atoms with E-state index in [0.717, 1.165) is 44.1 Å². The number of nitrogens with one attached hydrogen (secondary N) is 1. The van der Waals surface area contributed by atoms with E-state index in [-0.39, 0.29) is 11.5 Å². The third kappa shape index (κ3) is 4.34. The summed E-state index contributed by atoms with van der Waals surface area (Å²) in [7, 11) is 1.74. The largest absolute Gasteiger partial charge is 0.368 e. The summed E-state index contributed by atoms with van der Waals surface area (Å²) < 4.78 is 45.7. The molecule has 1 aliphatic heterocycles. The Labute approximate surface area is 210 Å². The van der Waals surface area contributed by atoms with Gasteiger partial charge in [0.1, 0.15) is 22.7 Å². The molecule has 192 valence electrons. The van der Waals surface area contributed by atoms with E-state index in [1.807, 2.05) is 0 Å². The number of carbonyl (C=O) groups is 1. The van der Waals surface area contributed by atoms with Gasteiger partial charge >= 0.3 is 0 Å². The summed E-state index contributed by atoms with van der Waals surface area (Å²) in [5.74, 6) is -2.41. The van der Waals surface area contributed by atoms with Gasteiger partial charge in [-0.3, -0.25) is 9.59 Å². The van der Waals surface area contributed by atoms with E-state index in [1.165, 1.54) is 26.0 Å². The molecule has 0 aliphatic carbocycles. The van der Waals surface area contributed by atoms with Crippen molar-refractivity contribution >= 4 is 28.3 Å². The number of carbonyl (C=O) groups excluding carboxylic acids is 1. The molecule has 1 aliphatic rings. The Hall–Kier alpha value is -4.15. The molecule has 0 radical (unpaired) electrons. The van der Waals surface area contributed by atoms with Crippen molar-refractivity contribution in [3.8, 4) is 5.69 Å². The second kappa shape index (κ2) is 9.06. The molecule has 1 amide bonds. The second-order valence-corrected chi connectivity index (χ2v) is 9.48. The quantitative estimate of drug-likeness (QED) is 0.429. The molecule has 0 atom stereocenters. The Morgan fingerprint density at radius 2 is 1.68 bits per heavy atom. The van der Waals surface area contributed by atoms with Crippen LogP contribution >= 0.6 is 0 Å². The van der Waals surface area contributed by atoms with E-state index in [1.54, 1.807) is 23.7 Å². The molecule has 0 saturated carbocycles. The van der Waals surface area contributed by atoms with E-state index in [4.69, 9.17) is 0 Å². The molecular weight excluding hydrogens is 485 g/mol. The van der Waals surface area contributed by atoms with Gasteiger partial charge in [0.2, 0.25) is 0 Å². The first kappa shape index (κ1) is 24.5. The van der Waals surface area contributed by atoms with Crippen LogP contribution in [0.2, 0.25) is 0 Å². The number of anilines is 2. The molecule has 3 heterocycles. The van der Waals surface area contributed by atoms with Crippen molar-refractivity contribution < 1.29 is 18.0 Å². The summed E-state index contributed by atoms with van der Waals surface area (Å²) in [4.78, 5) is 32.3. The molecule has 4 aromatic rings. The zero-order chi connectivity index (χ0) is 26.5. The highest BCUT2D eigenvalue weighted by atomic mass is 19.1. The highest BCUT2D eigenvalue weighted by Gasteiger charge is 2.29. The number of imidazole rings is 1. The number of rotatable bonds is 5. The van der Waals surface area contributed by atoms with Crippen molar-refractivity contribution in [1.29, 1.82) is 0 Å². The molecule has 1 N–H and O–H groups in total. The third-order valence-electron chi connectivity index (χ3n) is 6.41. The lowest BCUT2D eigenvalue weighted by molar-refractivity contribution is 0.102. The maximum atomic E-state index is 14.9. The Morgan fingerprint density at radius 1 is 1.00 bits per heavy atom. The number of alkyl halides is 1. The first-order valence-electron chi connectivity index (χ1n) is 11.9. The predicted octanol–water partition coefficient (Wildman–Crippen LogP) is 4.45. The smallest absolute Gasteiger partial charge is 0.276 e. The zero-order valence-electron chi connectivity index (χ0n) is 20.6. The fraction of sp³-hybridized carbons (Fsp3) is 0.308. The lowest BCUT2D eigenvalue weighted by Gasteiger charge is -2.22. The fourth-order valence-electron chi connectivity index (χ4n) is 4.71. The molecule has 5 rings (SSSR count).